The molecule has 0 bridgehead atoms. The van der Waals surface area contributed by atoms with Crippen LogP contribution < -0.4 is 9.80 Å². The average molecular weight is 709 g/mol. The van der Waals surface area contributed by atoms with Gasteiger partial charge in [0.05, 0.1) is 0 Å². The molecule has 8 aromatic rings. The Balaban J connectivity index is 1.01. The highest BCUT2D eigenvalue weighted by Gasteiger charge is 2.21. The zero-order chi connectivity index (χ0) is 37.5. The van der Waals surface area contributed by atoms with Gasteiger partial charge in [-0.05, 0) is 164 Å². The van der Waals surface area contributed by atoms with Gasteiger partial charge in [0.1, 0.15) is 0 Å². The third-order valence-electron chi connectivity index (χ3n) is 11.0. The Kier molecular flexibility index (Phi) is 8.88. The molecule has 0 fully saturated rings. The van der Waals surface area contributed by atoms with Crippen LogP contribution in [0.5, 0.6) is 0 Å². The molecule has 2 heteroatoms. The van der Waals surface area contributed by atoms with E-state index >= 15 is 0 Å². The van der Waals surface area contributed by atoms with Crippen molar-refractivity contribution >= 4 is 34.1 Å². The maximum absolute atomic E-state index is 2.39. The molecule has 0 spiro atoms. The van der Waals surface area contributed by atoms with Crippen molar-refractivity contribution in [3.63, 3.8) is 0 Å². The first kappa shape index (κ1) is 34.1. The zero-order valence-corrected chi connectivity index (χ0v) is 31.9. The SMILES string of the molecule is Cc1ccc(N(c2ccc(C)cc2)c2ccc(-c3ccc4c(c3)-c3cc(-c5ccc(N(c6ccc(C)cc6)c6ccc(C)cc6)cc5)ccc3C4)cc2)cc1. The van der Waals surface area contributed by atoms with Gasteiger partial charge in [-0.1, -0.05) is 119 Å². The monoisotopic (exact) mass is 708 g/mol. The first-order chi connectivity index (χ1) is 26.9. The molecule has 55 heavy (non-hydrogen) atoms. The molecule has 266 valence electrons. The highest BCUT2D eigenvalue weighted by molar-refractivity contribution is 5.86. The fourth-order valence-corrected chi connectivity index (χ4v) is 7.80. The van der Waals surface area contributed by atoms with Crippen LogP contribution in [0.2, 0.25) is 0 Å². The second-order valence-corrected chi connectivity index (χ2v) is 15.0. The minimum Gasteiger partial charge on any atom is -0.311 e. The highest BCUT2D eigenvalue weighted by atomic mass is 15.1. The van der Waals surface area contributed by atoms with Crippen LogP contribution in [0.3, 0.4) is 0 Å². The summed E-state index contributed by atoms with van der Waals surface area (Å²) in [6.45, 7) is 8.54. The Morgan fingerprint density at radius 1 is 0.273 bits per heavy atom. The van der Waals surface area contributed by atoms with Crippen LogP contribution in [0.4, 0.5) is 34.1 Å². The summed E-state index contributed by atoms with van der Waals surface area (Å²) in [4.78, 5) is 4.66. The van der Waals surface area contributed by atoms with E-state index < -0.39 is 0 Å². The predicted octanol–water partition coefficient (Wildman–Crippen LogP) is 14.8. The van der Waals surface area contributed by atoms with E-state index in [1.165, 1.54) is 66.8 Å². The maximum atomic E-state index is 2.39. The molecule has 1 aliphatic carbocycles. The predicted molar refractivity (Wildman–Crippen MR) is 234 cm³/mol. The lowest BCUT2D eigenvalue weighted by Gasteiger charge is -2.26. The summed E-state index contributed by atoms with van der Waals surface area (Å²) in [6.07, 6.45) is 0.965. The molecule has 1 aliphatic rings. The van der Waals surface area contributed by atoms with Gasteiger partial charge in [-0.25, -0.2) is 0 Å². The van der Waals surface area contributed by atoms with E-state index in [-0.39, 0.29) is 0 Å². The lowest BCUT2D eigenvalue weighted by atomic mass is 9.96. The van der Waals surface area contributed by atoms with Gasteiger partial charge in [-0.15, -0.1) is 0 Å². The van der Waals surface area contributed by atoms with E-state index in [1.807, 2.05) is 0 Å². The molecular formula is C53H44N2. The molecule has 0 saturated heterocycles. The van der Waals surface area contributed by atoms with Crippen LogP contribution in [0.1, 0.15) is 33.4 Å². The maximum Gasteiger partial charge on any atom is 0.0462 e. The molecule has 0 saturated carbocycles. The van der Waals surface area contributed by atoms with Crippen molar-refractivity contribution in [1.29, 1.82) is 0 Å². The second-order valence-electron chi connectivity index (χ2n) is 15.0. The topological polar surface area (TPSA) is 6.48 Å². The summed E-state index contributed by atoms with van der Waals surface area (Å²) in [6, 6.07) is 67.1. The first-order valence-corrected chi connectivity index (χ1v) is 19.2. The summed E-state index contributed by atoms with van der Waals surface area (Å²) < 4.78 is 0. The van der Waals surface area contributed by atoms with Gasteiger partial charge in [0.15, 0.2) is 0 Å². The van der Waals surface area contributed by atoms with E-state index in [0.29, 0.717) is 0 Å². The Hall–Kier alpha value is -6.64. The van der Waals surface area contributed by atoms with Crippen molar-refractivity contribution in [2.45, 2.75) is 34.1 Å². The van der Waals surface area contributed by atoms with Crippen LogP contribution in [0, 0.1) is 27.7 Å². The van der Waals surface area contributed by atoms with E-state index in [0.717, 1.165) is 40.5 Å². The van der Waals surface area contributed by atoms with E-state index in [2.05, 4.69) is 219 Å². The number of fused-ring (bicyclic) bond motifs is 3. The fraction of sp³-hybridized carbons (Fsp3) is 0.0943. The van der Waals surface area contributed by atoms with E-state index in [4.69, 9.17) is 0 Å². The van der Waals surface area contributed by atoms with Crippen LogP contribution >= 0.6 is 0 Å². The van der Waals surface area contributed by atoms with Gasteiger partial charge < -0.3 is 9.80 Å². The second kappa shape index (κ2) is 14.3. The summed E-state index contributed by atoms with van der Waals surface area (Å²) in [5.41, 5.74) is 22.2. The number of hydrogen-bond acceptors (Lipinski definition) is 2. The van der Waals surface area contributed by atoms with Crippen molar-refractivity contribution < 1.29 is 0 Å². The number of benzene rings is 8. The Labute approximate surface area is 325 Å². The zero-order valence-electron chi connectivity index (χ0n) is 31.9. The Morgan fingerprint density at radius 3 is 0.782 bits per heavy atom. The van der Waals surface area contributed by atoms with Gasteiger partial charge >= 0.3 is 0 Å². The minimum atomic E-state index is 0.965. The molecular weight excluding hydrogens is 665 g/mol. The molecule has 0 unspecified atom stereocenters. The molecule has 9 rings (SSSR count). The van der Waals surface area contributed by atoms with Crippen molar-refractivity contribution in [3.8, 4) is 33.4 Å². The molecule has 0 atom stereocenters. The van der Waals surface area contributed by atoms with Crippen molar-refractivity contribution in [2.24, 2.45) is 0 Å². The molecule has 0 N–H and O–H groups in total. The quantitative estimate of drug-likeness (QED) is 0.155. The smallest absolute Gasteiger partial charge is 0.0462 e. The number of hydrogen-bond donors (Lipinski definition) is 0. The molecule has 0 aliphatic heterocycles. The number of anilines is 6. The number of rotatable bonds is 8. The molecule has 0 heterocycles. The van der Waals surface area contributed by atoms with Crippen LogP contribution in [-0.2, 0) is 6.42 Å². The Bertz CT molecular complexity index is 2320. The third kappa shape index (κ3) is 6.84. The summed E-state index contributed by atoms with van der Waals surface area (Å²) in [7, 11) is 0. The standard InChI is InChI=1S/C53H44N2/c1-36-5-21-46(22-6-36)54(47-23-7-37(2)8-24-47)50-29-17-40(18-30-50)42-13-15-44-33-45-16-14-43(35-53(45)52(44)34-42)41-19-31-51(32-20-41)55(48-25-9-38(3)10-26-48)49-27-11-39(4)12-28-49/h5-32,34-35H,33H2,1-4H3. The number of aryl methyl sites for hydroxylation is 4. The van der Waals surface area contributed by atoms with Crippen molar-refractivity contribution in [1.82, 2.24) is 0 Å². The fourth-order valence-electron chi connectivity index (χ4n) is 7.80. The summed E-state index contributed by atoms with van der Waals surface area (Å²) in [5.74, 6) is 0. The van der Waals surface area contributed by atoms with Crippen molar-refractivity contribution in [3.05, 3.63) is 215 Å². The van der Waals surface area contributed by atoms with Crippen LogP contribution in [0.25, 0.3) is 33.4 Å². The Morgan fingerprint density at radius 2 is 0.509 bits per heavy atom. The number of nitrogens with zero attached hydrogens (tertiary/aromatic N) is 2. The van der Waals surface area contributed by atoms with Gasteiger partial charge in [-0.3, -0.25) is 0 Å². The largest absolute Gasteiger partial charge is 0.311 e. The third-order valence-corrected chi connectivity index (χ3v) is 11.0. The van der Waals surface area contributed by atoms with E-state index in [1.54, 1.807) is 0 Å². The van der Waals surface area contributed by atoms with Crippen LogP contribution in [0.15, 0.2) is 182 Å². The van der Waals surface area contributed by atoms with E-state index in [9.17, 15) is 0 Å². The van der Waals surface area contributed by atoms with Gasteiger partial charge in [0.25, 0.3) is 0 Å². The summed E-state index contributed by atoms with van der Waals surface area (Å²) >= 11 is 0. The van der Waals surface area contributed by atoms with Gasteiger partial charge in [0, 0.05) is 34.1 Å². The highest BCUT2D eigenvalue weighted by Crippen LogP contribution is 2.43. The van der Waals surface area contributed by atoms with Gasteiger partial charge in [0.2, 0.25) is 0 Å². The van der Waals surface area contributed by atoms with Crippen LogP contribution in [-0.4, -0.2) is 0 Å². The molecule has 8 aromatic carbocycles. The van der Waals surface area contributed by atoms with Gasteiger partial charge in [-0.2, -0.15) is 0 Å². The van der Waals surface area contributed by atoms with Crippen molar-refractivity contribution in [2.75, 3.05) is 9.80 Å². The average Bonchev–Trinajstić information content (AvgIpc) is 3.59. The molecule has 0 aromatic heterocycles. The molecule has 0 amide bonds. The minimum absolute atomic E-state index is 0.965. The summed E-state index contributed by atoms with van der Waals surface area (Å²) in [5, 5.41) is 0. The molecule has 0 radical (unpaired) electrons. The lowest BCUT2D eigenvalue weighted by molar-refractivity contribution is 1.26. The lowest BCUT2D eigenvalue weighted by Crippen LogP contribution is -2.09. The normalized spacial score (nSPS) is 11.6. The first-order valence-electron chi connectivity index (χ1n) is 19.2. The molecule has 2 nitrogen and oxygen atoms in total.